The molecule has 1 aliphatic heterocycles. The van der Waals surface area contributed by atoms with Gasteiger partial charge in [0, 0.05) is 24.2 Å². The van der Waals surface area contributed by atoms with Gasteiger partial charge in [0.25, 0.3) is 0 Å². The lowest BCUT2D eigenvalue weighted by atomic mass is 10.0. The van der Waals surface area contributed by atoms with Gasteiger partial charge in [-0.05, 0) is 31.4 Å². The number of nitrogens with one attached hydrogen (secondary N) is 1. The normalized spacial score (nSPS) is 18.8. The highest BCUT2D eigenvalue weighted by Gasteiger charge is 2.25. The number of carbonyl (C=O) groups excluding carboxylic acids is 1. The molecule has 0 fully saturated rings. The highest BCUT2D eigenvalue weighted by atomic mass is 32.2. The van der Waals surface area contributed by atoms with Crippen LogP contribution >= 0.6 is 11.8 Å². The van der Waals surface area contributed by atoms with Crippen LogP contribution in [0, 0.1) is 5.82 Å². The molecule has 0 aliphatic carbocycles. The highest BCUT2D eigenvalue weighted by Crippen LogP contribution is 2.37. The molecule has 2 unspecified atom stereocenters. The number of amides is 2. The van der Waals surface area contributed by atoms with Crippen molar-refractivity contribution in [3.05, 3.63) is 29.6 Å². The summed E-state index contributed by atoms with van der Waals surface area (Å²) in [5, 5.41) is 12.2. The minimum atomic E-state index is -0.429. The summed E-state index contributed by atoms with van der Waals surface area (Å²) in [5.41, 5.74) is 0.850. The van der Waals surface area contributed by atoms with Gasteiger partial charge in [0.15, 0.2) is 0 Å². The second-order valence-corrected chi connectivity index (χ2v) is 6.46. The standard InChI is InChI=1S/C15H21FN2O2S/c1-10(19)6-8-18(2)15(20)17-13-7-9-21-14-11(13)4-3-5-12(14)16/h3-5,10,13,19H,6-9H2,1-2H3,(H,17,20). The summed E-state index contributed by atoms with van der Waals surface area (Å²) in [6.45, 7) is 2.18. The zero-order valence-electron chi connectivity index (χ0n) is 12.3. The summed E-state index contributed by atoms with van der Waals surface area (Å²) in [4.78, 5) is 14.3. The smallest absolute Gasteiger partial charge is 0.317 e. The maximum Gasteiger partial charge on any atom is 0.317 e. The van der Waals surface area contributed by atoms with Crippen molar-refractivity contribution in [2.24, 2.45) is 0 Å². The van der Waals surface area contributed by atoms with Crippen LogP contribution in [0.25, 0.3) is 0 Å². The van der Waals surface area contributed by atoms with Crippen LogP contribution in [0.4, 0.5) is 9.18 Å². The topological polar surface area (TPSA) is 52.6 Å². The fraction of sp³-hybridized carbons (Fsp3) is 0.533. The molecule has 1 aromatic carbocycles. The fourth-order valence-corrected chi connectivity index (χ4v) is 3.42. The maximum atomic E-state index is 13.8. The largest absolute Gasteiger partial charge is 0.393 e. The molecule has 0 bridgehead atoms. The molecule has 0 spiro atoms. The molecular weight excluding hydrogens is 291 g/mol. The third-order valence-corrected chi connectivity index (χ3v) is 4.71. The number of carbonyl (C=O) groups is 1. The first kappa shape index (κ1) is 16.1. The molecule has 1 heterocycles. The number of urea groups is 1. The average molecular weight is 312 g/mol. The van der Waals surface area contributed by atoms with Gasteiger partial charge in [-0.2, -0.15) is 0 Å². The number of hydrogen-bond acceptors (Lipinski definition) is 3. The Hall–Kier alpha value is -1.27. The van der Waals surface area contributed by atoms with Crippen molar-refractivity contribution >= 4 is 17.8 Å². The number of aliphatic hydroxyl groups excluding tert-OH is 1. The number of fused-ring (bicyclic) bond motifs is 1. The van der Waals surface area contributed by atoms with E-state index >= 15 is 0 Å². The predicted octanol–water partition coefficient (Wildman–Crippen LogP) is 2.77. The molecule has 0 radical (unpaired) electrons. The third kappa shape index (κ3) is 4.11. The molecular formula is C15H21FN2O2S. The van der Waals surface area contributed by atoms with E-state index in [0.29, 0.717) is 17.9 Å². The number of rotatable bonds is 4. The van der Waals surface area contributed by atoms with Gasteiger partial charge in [-0.25, -0.2) is 9.18 Å². The summed E-state index contributed by atoms with van der Waals surface area (Å²) in [6, 6.07) is 4.65. The Labute approximate surface area is 128 Å². The van der Waals surface area contributed by atoms with Crippen molar-refractivity contribution in [1.82, 2.24) is 10.2 Å². The molecule has 2 amide bonds. The number of benzene rings is 1. The van der Waals surface area contributed by atoms with Gasteiger partial charge in [0.05, 0.1) is 12.1 Å². The van der Waals surface area contributed by atoms with Crippen molar-refractivity contribution in [3.63, 3.8) is 0 Å². The molecule has 1 aromatic rings. The van der Waals surface area contributed by atoms with Crippen molar-refractivity contribution < 1.29 is 14.3 Å². The van der Waals surface area contributed by atoms with Crippen molar-refractivity contribution in [2.75, 3.05) is 19.3 Å². The summed E-state index contributed by atoms with van der Waals surface area (Å²) >= 11 is 1.50. The van der Waals surface area contributed by atoms with E-state index < -0.39 is 6.10 Å². The maximum absolute atomic E-state index is 13.8. The van der Waals surface area contributed by atoms with Crippen LogP contribution in [-0.2, 0) is 0 Å². The lowest BCUT2D eigenvalue weighted by Crippen LogP contribution is -2.41. The second-order valence-electron chi connectivity index (χ2n) is 5.36. The first-order valence-electron chi connectivity index (χ1n) is 7.10. The lowest BCUT2D eigenvalue weighted by molar-refractivity contribution is 0.162. The lowest BCUT2D eigenvalue weighted by Gasteiger charge is -2.28. The second kappa shape index (κ2) is 7.13. The molecule has 0 saturated heterocycles. The van der Waals surface area contributed by atoms with Crippen molar-refractivity contribution in [1.29, 1.82) is 0 Å². The van der Waals surface area contributed by atoms with Gasteiger partial charge in [-0.1, -0.05) is 12.1 Å². The Morgan fingerprint density at radius 3 is 3.10 bits per heavy atom. The fourth-order valence-electron chi connectivity index (χ4n) is 2.28. The predicted molar refractivity (Wildman–Crippen MR) is 81.9 cm³/mol. The van der Waals surface area contributed by atoms with Crippen LogP contribution < -0.4 is 5.32 Å². The van der Waals surface area contributed by atoms with Crippen LogP contribution in [0.5, 0.6) is 0 Å². The van der Waals surface area contributed by atoms with Gasteiger partial charge in [0.2, 0.25) is 0 Å². The first-order valence-corrected chi connectivity index (χ1v) is 8.08. The third-order valence-electron chi connectivity index (χ3n) is 3.55. The van der Waals surface area contributed by atoms with Crippen LogP contribution in [-0.4, -0.2) is 41.5 Å². The van der Waals surface area contributed by atoms with E-state index in [2.05, 4.69) is 5.32 Å². The minimum Gasteiger partial charge on any atom is -0.393 e. The first-order chi connectivity index (χ1) is 9.99. The minimum absolute atomic E-state index is 0.154. The molecule has 6 heteroatoms. The molecule has 2 rings (SSSR count). The summed E-state index contributed by atoms with van der Waals surface area (Å²) < 4.78 is 13.8. The molecule has 0 saturated carbocycles. The quantitative estimate of drug-likeness (QED) is 0.899. The Kier molecular flexibility index (Phi) is 5.47. The van der Waals surface area contributed by atoms with Crippen molar-refractivity contribution in [3.8, 4) is 0 Å². The van der Waals surface area contributed by atoms with E-state index in [1.54, 1.807) is 24.9 Å². The number of nitrogens with zero attached hydrogens (tertiary/aromatic N) is 1. The van der Waals surface area contributed by atoms with Gasteiger partial charge < -0.3 is 15.3 Å². The van der Waals surface area contributed by atoms with Gasteiger partial charge in [-0.15, -0.1) is 11.8 Å². The van der Waals surface area contributed by atoms with Gasteiger partial charge in [0.1, 0.15) is 5.82 Å². The Balaban J connectivity index is 2.01. The molecule has 0 aromatic heterocycles. The Bertz CT molecular complexity index is 510. The zero-order valence-corrected chi connectivity index (χ0v) is 13.1. The Morgan fingerprint density at radius 1 is 1.62 bits per heavy atom. The molecule has 4 nitrogen and oxygen atoms in total. The van der Waals surface area contributed by atoms with E-state index in [0.717, 1.165) is 17.7 Å². The van der Waals surface area contributed by atoms with E-state index in [1.165, 1.54) is 17.8 Å². The van der Waals surface area contributed by atoms with E-state index in [9.17, 15) is 14.3 Å². The highest BCUT2D eigenvalue weighted by molar-refractivity contribution is 7.99. The summed E-state index contributed by atoms with van der Waals surface area (Å²) in [7, 11) is 1.70. The van der Waals surface area contributed by atoms with Gasteiger partial charge >= 0.3 is 6.03 Å². The monoisotopic (exact) mass is 312 g/mol. The molecule has 21 heavy (non-hydrogen) atoms. The number of hydrogen-bond donors (Lipinski definition) is 2. The molecule has 116 valence electrons. The molecule has 2 N–H and O–H groups in total. The molecule has 2 atom stereocenters. The van der Waals surface area contributed by atoms with Crippen LogP contribution in [0.2, 0.25) is 0 Å². The van der Waals surface area contributed by atoms with E-state index in [1.807, 2.05) is 6.07 Å². The molecule has 1 aliphatic rings. The number of halogens is 1. The van der Waals surface area contributed by atoms with Crippen molar-refractivity contribution in [2.45, 2.75) is 36.8 Å². The summed E-state index contributed by atoms with van der Waals surface area (Å²) in [6.07, 6.45) is 0.897. The average Bonchev–Trinajstić information content (AvgIpc) is 2.45. The number of aliphatic hydroxyl groups is 1. The van der Waals surface area contributed by atoms with Crippen LogP contribution in [0.1, 0.15) is 31.4 Å². The van der Waals surface area contributed by atoms with Crippen LogP contribution in [0.15, 0.2) is 23.1 Å². The number of thioether (sulfide) groups is 1. The van der Waals surface area contributed by atoms with Gasteiger partial charge in [-0.3, -0.25) is 0 Å². The summed E-state index contributed by atoms with van der Waals surface area (Å²) in [5.74, 6) is 0.565. The van der Waals surface area contributed by atoms with E-state index in [4.69, 9.17) is 0 Å². The van der Waals surface area contributed by atoms with E-state index in [-0.39, 0.29) is 17.9 Å². The van der Waals surface area contributed by atoms with Crippen LogP contribution in [0.3, 0.4) is 0 Å². The SMILES string of the molecule is CC(O)CCN(C)C(=O)NC1CCSc2c(F)cccc21. The Morgan fingerprint density at radius 2 is 2.38 bits per heavy atom. The zero-order chi connectivity index (χ0) is 15.4.